The van der Waals surface area contributed by atoms with Crippen LogP contribution in [-0.2, 0) is 10.9 Å². The third kappa shape index (κ3) is 2.59. The maximum absolute atomic E-state index is 9.79. The summed E-state index contributed by atoms with van der Waals surface area (Å²) in [4.78, 5) is 0. The Morgan fingerprint density at radius 3 is 1.67 bits per heavy atom. The molecule has 0 aliphatic heterocycles. The van der Waals surface area contributed by atoms with E-state index in [4.69, 9.17) is 10.0 Å². The van der Waals surface area contributed by atoms with E-state index in [2.05, 4.69) is 0 Å². The molecule has 6 heavy (non-hydrogen) atoms. The largest absolute Gasteiger partial charge is 0.649 e. The minimum atomic E-state index is -1.42. The van der Waals surface area contributed by atoms with Gasteiger partial charge in [-0.3, -0.25) is 0 Å². The van der Waals surface area contributed by atoms with E-state index in [1.165, 1.54) is 0 Å². The van der Waals surface area contributed by atoms with Crippen LogP contribution in [0.15, 0.2) is 0 Å². The van der Waals surface area contributed by atoms with Crippen LogP contribution in [0.25, 0.3) is 0 Å². The molecule has 0 spiro atoms. The van der Waals surface area contributed by atoms with Gasteiger partial charge in [0.05, 0.1) is 0 Å². The van der Waals surface area contributed by atoms with Crippen molar-refractivity contribution in [2.45, 2.75) is 0 Å². The zero-order valence-electron chi connectivity index (χ0n) is 3.13. The fraction of sp³-hybridized carbons (Fsp3) is 0. The summed E-state index contributed by atoms with van der Waals surface area (Å²) in [6, 6.07) is 0. The molecular formula is H4B2O3S. The van der Waals surface area contributed by atoms with Crippen LogP contribution >= 0.6 is 0 Å². The molecule has 0 fully saturated rings. The normalized spacial score (nSPS) is 8.67. The molecule has 0 aromatic heterocycles. The minimum Gasteiger partial charge on any atom is -0.649 e. The van der Waals surface area contributed by atoms with Gasteiger partial charge in [0.1, 0.15) is 0 Å². The molecule has 0 saturated heterocycles. The summed E-state index contributed by atoms with van der Waals surface area (Å²) in [5, 5.41) is 15.7. The molecule has 0 saturated carbocycles. The van der Waals surface area contributed by atoms with Gasteiger partial charge >= 0.3 is 13.5 Å². The van der Waals surface area contributed by atoms with Gasteiger partial charge in [-0.2, -0.15) is 10.9 Å². The highest BCUT2D eigenvalue weighted by Gasteiger charge is 2.04. The fourth-order valence-corrected chi connectivity index (χ4v) is 0.122. The SMILES string of the molecule is [O-][S+](BO)BO. The monoisotopic (exact) mass is 106 g/mol. The van der Waals surface area contributed by atoms with E-state index in [0.717, 1.165) is 0 Å². The summed E-state index contributed by atoms with van der Waals surface area (Å²) in [7, 11) is -1.42. The van der Waals surface area contributed by atoms with E-state index in [1.54, 1.807) is 0 Å². The molecule has 3 nitrogen and oxygen atoms in total. The molecule has 0 aliphatic carbocycles. The molecule has 0 atom stereocenters. The van der Waals surface area contributed by atoms with Gasteiger partial charge in [-0.15, -0.1) is 0 Å². The molecule has 0 bridgehead atoms. The van der Waals surface area contributed by atoms with Crippen molar-refractivity contribution < 1.29 is 14.6 Å². The van der Waals surface area contributed by atoms with Crippen LogP contribution in [0.1, 0.15) is 0 Å². The average Bonchev–Trinajstić information content (AvgIpc) is 1.65. The van der Waals surface area contributed by atoms with Crippen molar-refractivity contribution in [1.29, 1.82) is 0 Å². The van der Waals surface area contributed by atoms with E-state index in [-0.39, 0.29) is 0 Å². The van der Waals surface area contributed by atoms with E-state index in [1.807, 2.05) is 0 Å². The second kappa shape index (κ2) is 3.55. The van der Waals surface area contributed by atoms with Crippen LogP contribution in [0.4, 0.5) is 0 Å². The Hall–Kier alpha value is 0.360. The first kappa shape index (κ1) is 6.36. The minimum absolute atomic E-state index is 0.448. The highest BCUT2D eigenvalue weighted by Crippen LogP contribution is 1.73. The molecule has 0 aliphatic rings. The topological polar surface area (TPSA) is 63.5 Å². The Balaban J connectivity index is 2.75. The van der Waals surface area contributed by atoms with Gasteiger partial charge in [0.2, 0.25) is 0 Å². The molecule has 0 amide bonds. The van der Waals surface area contributed by atoms with Gasteiger partial charge in [-0.05, 0) is 0 Å². The summed E-state index contributed by atoms with van der Waals surface area (Å²) < 4.78 is 9.79. The van der Waals surface area contributed by atoms with E-state index in [0.29, 0.717) is 0 Å². The lowest BCUT2D eigenvalue weighted by Crippen LogP contribution is -2.16. The Kier molecular flexibility index (Phi) is 3.76. The lowest BCUT2D eigenvalue weighted by atomic mass is 10.5. The maximum Gasteiger partial charge on any atom is 0.534 e. The Bertz CT molecular complexity index is 28.0. The number of hydrogen-bond donors (Lipinski definition) is 2. The molecule has 0 aromatic carbocycles. The summed E-state index contributed by atoms with van der Waals surface area (Å²) in [6.07, 6.45) is 0. The lowest BCUT2D eigenvalue weighted by Gasteiger charge is -1.97. The first-order chi connectivity index (χ1) is 2.81. The van der Waals surface area contributed by atoms with Crippen LogP contribution in [0, 0.1) is 0 Å². The fourth-order valence-electron chi connectivity index (χ4n) is 0.0408. The van der Waals surface area contributed by atoms with Crippen molar-refractivity contribution in [3.05, 3.63) is 0 Å². The molecule has 0 radical (unpaired) electrons. The Morgan fingerprint density at radius 2 is 1.67 bits per heavy atom. The molecule has 34 valence electrons. The highest BCUT2D eigenvalue weighted by atomic mass is 32.2. The zero-order chi connectivity index (χ0) is 4.99. The molecular weight excluding hydrogens is 102 g/mol. The predicted molar refractivity (Wildman–Crippen MR) is 26.9 cm³/mol. The summed E-state index contributed by atoms with van der Waals surface area (Å²) in [5.74, 6) is 0. The Labute approximate surface area is 39.9 Å². The van der Waals surface area contributed by atoms with Crippen molar-refractivity contribution in [2.24, 2.45) is 0 Å². The molecule has 6 heteroatoms. The van der Waals surface area contributed by atoms with Crippen LogP contribution < -0.4 is 0 Å². The maximum atomic E-state index is 9.79. The van der Waals surface area contributed by atoms with Gasteiger partial charge in [-0.25, -0.2) is 0 Å². The van der Waals surface area contributed by atoms with Gasteiger partial charge in [-0.1, -0.05) is 0 Å². The van der Waals surface area contributed by atoms with Crippen LogP contribution in [0.3, 0.4) is 0 Å². The molecule has 2 N–H and O–H groups in total. The lowest BCUT2D eigenvalue weighted by molar-refractivity contribution is 0.577. The average molecular weight is 106 g/mol. The summed E-state index contributed by atoms with van der Waals surface area (Å²) in [6.45, 7) is -0.896. The van der Waals surface area contributed by atoms with Crippen LogP contribution in [0.5, 0.6) is 0 Å². The standard InChI is InChI=1S/B2H4O3S/c3-1-6(5)2-4/h1-4H. The van der Waals surface area contributed by atoms with Gasteiger partial charge in [0, 0.05) is 0 Å². The van der Waals surface area contributed by atoms with Gasteiger partial charge in [0.15, 0.2) is 0 Å². The van der Waals surface area contributed by atoms with Crippen molar-refractivity contribution in [1.82, 2.24) is 0 Å². The third-order valence-corrected chi connectivity index (χ3v) is 0.864. The third-order valence-electron chi connectivity index (χ3n) is 0.288. The molecule has 0 aromatic rings. The van der Waals surface area contributed by atoms with Gasteiger partial charge in [0.25, 0.3) is 0 Å². The van der Waals surface area contributed by atoms with Crippen LogP contribution in [-0.4, -0.2) is 28.1 Å². The predicted octanol–water partition coefficient (Wildman–Crippen LogP) is -2.75. The van der Waals surface area contributed by atoms with Crippen molar-refractivity contribution in [3.63, 3.8) is 0 Å². The van der Waals surface area contributed by atoms with Crippen LogP contribution in [0.2, 0.25) is 0 Å². The molecule has 0 rings (SSSR count). The van der Waals surface area contributed by atoms with Crippen molar-refractivity contribution >= 4 is 24.4 Å². The van der Waals surface area contributed by atoms with Crippen molar-refractivity contribution in [2.75, 3.05) is 0 Å². The van der Waals surface area contributed by atoms with Gasteiger partial charge < -0.3 is 14.6 Å². The summed E-state index contributed by atoms with van der Waals surface area (Å²) >= 11 is 0. The highest BCUT2D eigenvalue weighted by molar-refractivity contribution is 8.32. The summed E-state index contributed by atoms with van der Waals surface area (Å²) in [5.41, 5.74) is 0. The first-order valence-electron chi connectivity index (χ1n) is 1.38. The molecule has 0 heterocycles. The van der Waals surface area contributed by atoms with E-state index >= 15 is 0 Å². The Morgan fingerprint density at radius 1 is 1.33 bits per heavy atom. The second-order valence-electron chi connectivity index (χ2n) is 0.698. The smallest absolute Gasteiger partial charge is 0.534 e. The first-order valence-corrected chi connectivity index (χ1v) is 2.86. The second-order valence-corrected chi connectivity index (χ2v) is 2.09. The molecule has 0 unspecified atom stereocenters. The van der Waals surface area contributed by atoms with Crippen molar-refractivity contribution in [3.8, 4) is 0 Å². The van der Waals surface area contributed by atoms with E-state index < -0.39 is 24.4 Å². The quantitative estimate of drug-likeness (QED) is 0.296. The number of rotatable bonds is 2. The zero-order valence-corrected chi connectivity index (χ0v) is 3.94. The van der Waals surface area contributed by atoms with E-state index in [9.17, 15) is 4.55 Å². The number of hydrogen-bond acceptors (Lipinski definition) is 3.